The van der Waals surface area contributed by atoms with Crippen LogP contribution in [0.5, 0.6) is 0 Å². The van der Waals surface area contributed by atoms with E-state index >= 15 is 0 Å². The number of carbonyl (C=O) groups is 1. The SMILES string of the molecule is Cc1ccc(-c2cccc(CN3CCC[C@@]3(C)C(=O)O)c2)o1. The van der Waals surface area contributed by atoms with E-state index in [-0.39, 0.29) is 0 Å². The number of aryl methyl sites for hydroxylation is 1. The molecule has 0 bridgehead atoms. The Balaban J connectivity index is 1.83. The van der Waals surface area contributed by atoms with Crippen molar-refractivity contribution in [3.63, 3.8) is 0 Å². The highest BCUT2D eigenvalue weighted by Gasteiger charge is 2.43. The van der Waals surface area contributed by atoms with Crippen molar-refractivity contribution in [1.82, 2.24) is 4.90 Å². The van der Waals surface area contributed by atoms with Crippen LogP contribution in [-0.2, 0) is 11.3 Å². The van der Waals surface area contributed by atoms with E-state index in [0.29, 0.717) is 13.0 Å². The average Bonchev–Trinajstić information content (AvgIpc) is 3.07. The molecule has 0 amide bonds. The fourth-order valence-electron chi connectivity index (χ4n) is 3.15. The lowest BCUT2D eigenvalue weighted by atomic mass is 9.98. The van der Waals surface area contributed by atoms with Crippen molar-refractivity contribution >= 4 is 5.97 Å². The van der Waals surface area contributed by atoms with E-state index in [1.165, 1.54) is 0 Å². The van der Waals surface area contributed by atoms with Gasteiger partial charge in [-0.3, -0.25) is 9.69 Å². The Morgan fingerprint density at radius 2 is 2.18 bits per heavy atom. The normalized spacial score (nSPS) is 22.1. The van der Waals surface area contributed by atoms with Gasteiger partial charge in [0, 0.05) is 12.1 Å². The minimum absolute atomic E-state index is 0.649. The zero-order chi connectivity index (χ0) is 15.7. The van der Waals surface area contributed by atoms with Gasteiger partial charge in [-0.15, -0.1) is 0 Å². The molecular formula is C18H21NO3. The average molecular weight is 299 g/mol. The predicted molar refractivity (Wildman–Crippen MR) is 84.6 cm³/mol. The summed E-state index contributed by atoms with van der Waals surface area (Å²) in [5, 5.41) is 9.50. The Morgan fingerprint density at radius 3 is 2.86 bits per heavy atom. The van der Waals surface area contributed by atoms with E-state index in [1.807, 2.05) is 44.2 Å². The quantitative estimate of drug-likeness (QED) is 0.935. The molecule has 2 heterocycles. The number of benzene rings is 1. The molecule has 1 aromatic carbocycles. The molecule has 116 valence electrons. The summed E-state index contributed by atoms with van der Waals surface area (Å²) in [7, 11) is 0. The first-order valence-corrected chi connectivity index (χ1v) is 7.63. The lowest BCUT2D eigenvalue weighted by Gasteiger charge is -2.31. The molecule has 1 atom stereocenters. The van der Waals surface area contributed by atoms with Crippen molar-refractivity contribution in [2.24, 2.45) is 0 Å². The van der Waals surface area contributed by atoms with Crippen LogP contribution in [0.25, 0.3) is 11.3 Å². The van der Waals surface area contributed by atoms with Crippen molar-refractivity contribution < 1.29 is 14.3 Å². The van der Waals surface area contributed by atoms with E-state index in [2.05, 4.69) is 11.0 Å². The summed E-state index contributed by atoms with van der Waals surface area (Å²) in [6.07, 6.45) is 1.64. The second-order valence-electron chi connectivity index (χ2n) is 6.21. The minimum atomic E-state index is -0.753. The third-order valence-corrected chi connectivity index (χ3v) is 4.58. The molecule has 0 unspecified atom stereocenters. The summed E-state index contributed by atoms with van der Waals surface area (Å²) >= 11 is 0. The van der Waals surface area contributed by atoms with Crippen LogP contribution >= 0.6 is 0 Å². The van der Waals surface area contributed by atoms with Crippen molar-refractivity contribution in [3.8, 4) is 11.3 Å². The minimum Gasteiger partial charge on any atom is -0.480 e. The van der Waals surface area contributed by atoms with Gasteiger partial charge < -0.3 is 9.52 Å². The summed E-state index contributed by atoms with van der Waals surface area (Å²) in [4.78, 5) is 13.6. The van der Waals surface area contributed by atoms with Crippen LogP contribution in [0, 0.1) is 6.92 Å². The number of carboxylic acids is 1. The molecule has 0 radical (unpaired) electrons. The van der Waals surface area contributed by atoms with Gasteiger partial charge in [-0.1, -0.05) is 18.2 Å². The lowest BCUT2D eigenvalue weighted by Crippen LogP contribution is -2.47. The molecule has 4 heteroatoms. The summed E-state index contributed by atoms with van der Waals surface area (Å²) < 4.78 is 5.67. The number of carboxylic acid groups (broad SMARTS) is 1. The van der Waals surface area contributed by atoms with Crippen LogP contribution in [0.4, 0.5) is 0 Å². The number of hydrogen-bond donors (Lipinski definition) is 1. The third kappa shape index (κ3) is 2.66. The van der Waals surface area contributed by atoms with Crippen molar-refractivity contribution in [2.45, 2.75) is 38.8 Å². The number of furan rings is 1. The Labute approximate surface area is 130 Å². The highest BCUT2D eigenvalue weighted by Crippen LogP contribution is 2.31. The molecule has 0 saturated carbocycles. The van der Waals surface area contributed by atoms with Gasteiger partial charge >= 0.3 is 5.97 Å². The third-order valence-electron chi connectivity index (χ3n) is 4.58. The van der Waals surface area contributed by atoms with Crippen LogP contribution in [0.3, 0.4) is 0 Å². The molecule has 1 N–H and O–H groups in total. The van der Waals surface area contributed by atoms with Crippen LogP contribution in [0.1, 0.15) is 31.1 Å². The molecule has 3 rings (SSSR count). The number of rotatable bonds is 4. The van der Waals surface area contributed by atoms with Crippen molar-refractivity contribution in [2.75, 3.05) is 6.54 Å². The first kappa shape index (κ1) is 14.9. The fraction of sp³-hybridized carbons (Fsp3) is 0.389. The smallest absolute Gasteiger partial charge is 0.323 e. The summed E-state index contributed by atoms with van der Waals surface area (Å²) in [6.45, 7) is 5.22. The molecule has 1 fully saturated rings. The van der Waals surface area contributed by atoms with Gasteiger partial charge in [-0.2, -0.15) is 0 Å². The van der Waals surface area contributed by atoms with Gasteiger partial charge in [-0.25, -0.2) is 0 Å². The van der Waals surface area contributed by atoms with Crippen LogP contribution < -0.4 is 0 Å². The summed E-state index contributed by atoms with van der Waals surface area (Å²) in [6, 6.07) is 12.0. The maximum atomic E-state index is 11.6. The second kappa shape index (κ2) is 5.61. The molecule has 4 nitrogen and oxygen atoms in total. The first-order valence-electron chi connectivity index (χ1n) is 7.63. The summed E-state index contributed by atoms with van der Waals surface area (Å²) in [5.41, 5.74) is 1.39. The first-order chi connectivity index (χ1) is 10.5. The van der Waals surface area contributed by atoms with E-state index in [4.69, 9.17) is 4.42 Å². The number of aliphatic carboxylic acids is 1. The van der Waals surface area contributed by atoms with Gasteiger partial charge in [0.2, 0.25) is 0 Å². The molecule has 22 heavy (non-hydrogen) atoms. The Morgan fingerprint density at radius 1 is 1.36 bits per heavy atom. The topological polar surface area (TPSA) is 53.7 Å². The summed E-state index contributed by atoms with van der Waals surface area (Å²) in [5.74, 6) is 1.00. The van der Waals surface area contributed by atoms with E-state index < -0.39 is 11.5 Å². The van der Waals surface area contributed by atoms with E-state index in [0.717, 1.165) is 35.6 Å². The second-order valence-corrected chi connectivity index (χ2v) is 6.21. The predicted octanol–water partition coefficient (Wildman–Crippen LogP) is 3.69. The van der Waals surface area contributed by atoms with Crippen molar-refractivity contribution in [1.29, 1.82) is 0 Å². The number of hydrogen-bond acceptors (Lipinski definition) is 3. The van der Waals surface area contributed by atoms with E-state index in [1.54, 1.807) is 0 Å². The molecule has 1 saturated heterocycles. The Bertz CT molecular complexity index is 691. The maximum Gasteiger partial charge on any atom is 0.323 e. The standard InChI is InChI=1S/C18H21NO3/c1-13-7-8-16(22-13)15-6-3-5-14(11-15)12-19-10-4-9-18(19,2)17(20)21/h3,5-8,11H,4,9-10,12H2,1-2H3,(H,20,21)/t18-/m0/s1. The Hall–Kier alpha value is -2.07. The lowest BCUT2D eigenvalue weighted by molar-refractivity contribution is -0.148. The van der Waals surface area contributed by atoms with Crippen molar-refractivity contribution in [3.05, 3.63) is 47.7 Å². The highest BCUT2D eigenvalue weighted by molar-refractivity contribution is 5.78. The molecular weight excluding hydrogens is 278 g/mol. The molecule has 0 spiro atoms. The molecule has 0 aliphatic carbocycles. The zero-order valence-corrected chi connectivity index (χ0v) is 13.0. The molecule has 1 aliphatic rings. The van der Waals surface area contributed by atoms with Gasteiger partial charge in [-0.05, 0) is 57.0 Å². The molecule has 2 aromatic rings. The van der Waals surface area contributed by atoms with Gasteiger partial charge in [0.25, 0.3) is 0 Å². The highest BCUT2D eigenvalue weighted by atomic mass is 16.4. The van der Waals surface area contributed by atoms with Gasteiger partial charge in [0.05, 0.1) is 0 Å². The monoisotopic (exact) mass is 299 g/mol. The van der Waals surface area contributed by atoms with Crippen LogP contribution in [0.15, 0.2) is 40.8 Å². The number of likely N-dealkylation sites (tertiary alicyclic amines) is 1. The van der Waals surface area contributed by atoms with Gasteiger partial charge in [0.15, 0.2) is 0 Å². The fourth-order valence-corrected chi connectivity index (χ4v) is 3.15. The Kier molecular flexibility index (Phi) is 3.79. The largest absolute Gasteiger partial charge is 0.480 e. The van der Waals surface area contributed by atoms with Crippen LogP contribution in [0.2, 0.25) is 0 Å². The maximum absolute atomic E-state index is 11.6. The van der Waals surface area contributed by atoms with Gasteiger partial charge in [0.1, 0.15) is 17.1 Å². The zero-order valence-electron chi connectivity index (χ0n) is 13.0. The number of nitrogens with zero attached hydrogens (tertiary/aromatic N) is 1. The van der Waals surface area contributed by atoms with E-state index in [9.17, 15) is 9.90 Å². The van der Waals surface area contributed by atoms with Crippen LogP contribution in [-0.4, -0.2) is 28.1 Å². The molecule has 1 aliphatic heterocycles. The molecule has 1 aromatic heterocycles.